The molecule has 6 nitrogen and oxygen atoms in total. The van der Waals surface area contributed by atoms with Crippen molar-refractivity contribution in [1.82, 2.24) is 10.6 Å². The van der Waals surface area contributed by atoms with E-state index < -0.39 is 29.8 Å². The summed E-state index contributed by atoms with van der Waals surface area (Å²) >= 11 is 0. The molecule has 2 N–H and O–H groups in total. The van der Waals surface area contributed by atoms with Crippen molar-refractivity contribution < 1.29 is 23.5 Å². The van der Waals surface area contributed by atoms with Crippen LogP contribution >= 0.6 is 0 Å². The largest absolute Gasteiger partial charge is 0.449 e. The number of urea groups is 1. The van der Waals surface area contributed by atoms with Crippen molar-refractivity contribution in [3.8, 4) is 0 Å². The van der Waals surface area contributed by atoms with E-state index in [0.29, 0.717) is 6.54 Å². The van der Waals surface area contributed by atoms with Crippen molar-refractivity contribution in [1.29, 1.82) is 0 Å². The van der Waals surface area contributed by atoms with Crippen LogP contribution < -0.4 is 10.6 Å². The number of nitrogens with one attached hydrogen (secondary N) is 2. The van der Waals surface area contributed by atoms with Crippen LogP contribution in [-0.2, 0) is 9.53 Å². The van der Waals surface area contributed by atoms with Crippen LogP contribution in [0.2, 0.25) is 0 Å². The van der Waals surface area contributed by atoms with Gasteiger partial charge in [0.15, 0.2) is 6.10 Å². The van der Waals surface area contributed by atoms with E-state index >= 15 is 0 Å². The molecule has 1 rings (SSSR count). The lowest BCUT2D eigenvalue weighted by atomic mass is 10.2. The minimum atomic E-state index is -1.22. The standard InChI is InChI=1S/C13H15FN2O4/c1-3-15-13(19)16-11(17)8(2)20-12(18)9-6-4-5-7-10(9)14/h4-8H,3H2,1-2H3,(H2,15,16,17,19)/t8-/m0/s1. The predicted octanol–water partition coefficient (Wildman–Crippen LogP) is 1.22. The van der Waals surface area contributed by atoms with Gasteiger partial charge in [0, 0.05) is 6.54 Å². The number of hydrogen-bond acceptors (Lipinski definition) is 4. The molecule has 0 heterocycles. The Kier molecular flexibility index (Phi) is 5.64. The quantitative estimate of drug-likeness (QED) is 0.813. The third-order valence-corrected chi connectivity index (χ3v) is 2.32. The fourth-order valence-electron chi connectivity index (χ4n) is 1.32. The van der Waals surface area contributed by atoms with Crippen molar-refractivity contribution in [3.63, 3.8) is 0 Å². The summed E-state index contributed by atoms with van der Waals surface area (Å²) in [5.74, 6) is -2.50. The van der Waals surface area contributed by atoms with Crippen LogP contribution in [0.1, 0.15) is 24.2 Å². The summed E-state index contributed by atoms with van der Waals surface area (Å²) in [6.07, 6.45) is -1.22. The van der Waals surface area contributed by atoms with Crippen molar-refractivity contribution in [2.75, 3.05) is 6.54 Å². The molecule has 0 bridgehead atoms. The van der Waals surface area contributed by atoms with Crippen LogP contribution in [0.25, 0.3) is 0 Å². The van der Waals surface area contributed by atoms with E-state index in [4.69, 9.17) is 4.74 Å². The number of ether oxygens (including phenoxy) is 1. The summed E-state index contributed by atoms with van der Waals surface area (Å²) in [6.45, 7) is 3.32. The SMILES string of the molecule is CCNC(=O)NC(=O)[C@H](C)OC(=O)c1ccccc1F. The van der Waals surface area contributed by atoms with Gasteiger partial charge < -0.3 is 10.1 Å². The highest BCUT2D eigenvalue weighted by Crippen LogP contribution is 2.09. The number of halogens is 1. The second-order valence-corrected chi connectivity index (χ2v) is 3.88. The first-order chi connectivity index (χ1) is 9.45. The summed E-state index contributed by atoms with van der Waals surface area (Å²) < 4.78 is 18.1. The Labute approximate surface area is 115 Å². The molecule has 1 aromatic carbocycles. The lowest BCUT2D eigenvalue weighted by molar-refractivity contribution is -0.127. The minimum Gasteiger partial charge on any atom is -0.449 e. The summed E-state index contributed by atoms with van der Waals surface area (Å²) in [7, 11) is 0. The Balaban J connectivity index is 2.60. The van der Waals surface area contributed by atoms with Gasteiger partial charge in [0.1, 0.15) is 5.82 Å². The summed E-state index contributed by atoms with van der Waals surface area (Å²) in [5.41, 5.74) is -0.273. The first kappa shape index (κ1) is 15.6. The number of hydrogen-bond donors (Lipinski definition) is 2. The van der Waals surface area contributed by atoms with Crippen molar-refractivity contribution in [2.45, 2.75) is 20.0 Å². The molecule has 0 spiro atoms. The third-order valence-electron chi connectivity index (χ3n) is 2.32. The number of carbonyl (C=O) groups excluding carboxylic acids is 3. The molecular formula is C13H15FN2O4. The Bertz CT molecular complexity index is 519. The normalized spacial score (nSPS) is 11.3. The van der Waals surface area contributed by atoms with Crippen molar-refractivity contribution in [2.24, 2.45) is 0 Å². The molecule has 0 unspecified atom stereocenters. The maximum Gasteiger partial charge on any atom is 0.341 e. The van der Waals surface area contributed by atoms with Gasteiger partial charge in [0.25, 0.3) is 5.91 Å². The zero-order chi connectivity index (χ0) is 15.1. The number of benzene rings is 1. The number of rotatable bonds is 4. The average molecular weight is 282 g/mol. The molecule has 0 radical (unpaired) electrons. The van der Waals surface area contributed by atoms with E-state index in [1.165, 1.54) is 25.1 Å². The number of esters is 1. The van der Waals surface area contributed by atoms with E-state index in [9.17, 15) is 18.8 Å². The summed E-state index contributed by atoms with van der Waals surface area (Å²) in [6, 6.07) is 4.56. The van der Waals surface area contributed by atoms with Crippen LogP contribution in [0.4, 0.5) is 9.18 Å². The van der Waals surface area contributed by atoms with Gasteiger partial charge in [-0.3, -0.25) is 10.1 Å². The molecular weight excluding hydrogens is 267 g/mol. The van der Waals surface area contributed by atoms with Crippen LogP contribution in [0.5, 0.6) is 0 Å². The molecule has 0 saturated heterocycles. The Morgan fingerprint density at radius 2 is 1.95 bits per heavy atom. The molecule has 7 heteroatoms. The highest BCUT2D eigenvalue weighted by Gasteiger charge is 2.22. The molecule has 0 saturated carbocycles. The number of amides is 3. The zero-order valence-corrected chi connectivity index (χ0v) is 11.1. The van der Waals surface area contributed by atoms with Crippen LogP contribution in [0.15, 0.2) is 24.3 Å². The summed E-state index contributed by atoms with van der Waals surface area (Å²) in [4.78, 5) is 34.3. The van der Waals surface area contributed by atoms with Gasteiger partial charge in [-0.25, -0.2) is 14.0 Å². The van der Waals surface area contributed by atoms with Gasteiger partial charge in [0.2, 0.25) is 0 Å². The smallest absolute Gasteiger partial charge is 0.341 e. The lowest BCUT2D eigenvalue weighted by Crippen LogP contribution is -2.44. The fraction of sp³-hybridized carbons (Fsp3) is 0.308. The first-order valence-electron chi connectivity index (χ1n) is 6.00. The van der Waals surface area contributed by atoms with Gasteiger partial charge in [-0.1, -0.05) is 12.1 Å². The molecule has 3 amide bonds. The molecule has 108 valence electrons. The second kappa shape index (κ2) is 7.22. The maximum atomic E-state index is 13.3. The van der Waals surface area contributed by atoms with Crippen molar-refractivity contribution in [3.05, 3.63) is 35.6 Å². The average Bonchev–Trinajstić information content (AvgIpc) is 2.39. The lowest BCUT2D eigenvalue weighted by Gasteiger charge is -2.13. The predicted molar refractivity (Wildman–Crippen MR) is 68.5 cm³/mol. The highest BCUT2D eigenvalue weighted by molar-refractivity contribution is 5.98. The van der Waals surface area contributed by atoms with E-state index in [2.05, 4.69) is 5.32 Å². The summed E-state index contributed by atoms with van der Waals surface area (Å²) in [5, 5.41) is 4.35. The third kappa shape index (κ3) is 4.34. The van der Waals surface area contributed by atoms with Gasteiger partial charge in [-0.05, 0) is 26.0 Å². The molecule has 0 aromatic heterocycles. The number of carbonyl (C=O) groups is 3. The number of imide groups is 1. The molecule has 1 atom stereocenters. The van der Waals surface area contributed by atoms with E-state index in [-0.39, 0.29) is 5.56 Å². The van der Waals surface area contributed by atoms with E-state index in [1.54, 1.807) is 6.92 Å². The maximum absolute atomic E-state index is 13.3. The van der Waals surface area contributed by atoms with Gasteiger partial charge in [-0.15, -0.1) is 0 Å². The Morgan fingerprint density at radius 3 is 2.55 bits per heavy atom. The highest BCUT2D eigenvalue weighted by atomic mass is 19.1. The first-order valence-corrected chi connectivity index (χ1v) is 6.00. The van der Waals surface area contributed by atoms with E-state index in [0.717, 1.165) is 6.07 Å². The zero-order valence-electron chi connectivity index (χ0n) is 11.1. The molecule has 0 aliphatic rings. The fourth-order valence-corrected chi connectivity index (χ4v) is 1.32. The molecule has 0 aliphatic heterocycles. The van der Waals surface area contributed by atoms with Crippen LogP contribution in [-0.4, -0.2) is 30.6 Å². The second-order valence-electron chi connectivity index (χ2n) is 3.88. The molecule has 0 fully saturated rings. The van der Waals surface area contributed by atoms with Gasteiger partial charge in [0.05, 0.1) is 5.56 Å². The monoisotopic (exact) mass is 282 g/mol. The van der Waals surface area contributed by atoms with E-state index in [1.807, 2.05) is 5.32 Å². The topological polar surface area (TPSA) is 84.5 Å². The van der Waals surface area contributed by atoms with Gasteiger partial charge >= 0.3 is 12.0 Å². The van der Waals surface area contributed by atoms with Crippen LogP contribution in [0, 0.1) is 5.82 Å². The molecule has 1 aromatic rings. The van der Waals surface area contributed by atoms with Crippen LogP contribution in [0.3, 0.4) is 0 Å². The molecule has 0 aliphatic carbocycles. The minimum absolute atomic E-state index is 0.273. The Morgan fingerprint density at radius 1 is 1.30 bits per heavy atom. The Hall–Kier alpha value is -2.44. The van der Waals surface area contributed by atoms with Gasteiger partial charge in [-0.2, -0.15) is 0 Å². The molecule has 20 heavy (non-hydrogen) atoms. The van der Waals surface area contributed by atoms with Crippen molar-refractivity contribution >= 4 is 17.9 Å².